The topological polar surface area (TPSA) is 231 Å². The minimum Gasteiger partial charge on any atom is -0.462 e. The van der Waals surface area contributed by atoms with Crippen LogP contribution in [0.2, 0.25) is 0 Å². The van der Waals surface area contributed by atoms with Crippen molar-refractivity contribution in [2.45, 2.75) is 88.1 Å². The normalized spacial score (nSPS) is 21.2. The van der Waals surface area contributed by atoms with Gasteiger partial charge >= 0.3 is 18.0 Å². The highest BCUT2D eigenvalue weighted by molar-refractivity contribution is 5.96. The summed E-state index contributed by atoms with van der Waals surface area (Å²) >= 11 is 0. The lowest BCUT2D eigenvalue weighted by atomic mass is 10.0. The number of aromatic nitrogens is 7. The van der Waals surface area contributed by atoms with E-state index in [4.69, 9.17) is 73.3 Å². The third kappa shape index (κ3) is 19.1. The summed E-state index contributed by atoms with van der Waals surface area (Å²) in [7, 11) is 6.31. The lowest BCUT2D eigenvalue weighted by Gasteiger charge is -2.41. The number of fused-ring (bicyclic) bond motifs is 6. The van der Waals surface area contributed by atoms with Crippen LogP contribution in [0.4, 0.5) is 34.6 Å². The van der Waals surface area contributed by atoms with Crippen molar-refractivity contribution in [2.24, 2.45) is 0 Å². The molecule has 6 fully saturated rings. The first kappa shape index (κ1) is 85.1. The number of hydrogen-bond donors (Lipinski definition) is 0. The van der Waals surface area contributed by atoms with Crippen LogP contribution >= 0.6 is 0 Å². The standard InChI is InChI=1S/2C32H37N7O3.C30H36N8O2/c2*1-4-30(40)39-15-14-38(19-24(39)18-33-2)31-27-12-13-37(29-11-7-9-23-8-5-6-10-26(23)29)21-28(27)34-32(35-31)42-22-25-20-36(3)16-17-41-25;1-4-28(39)38-17-16-36(19-24(38)18-31-2)29-25-12-15-35(27-11-5-8-22-9-7-14-37(22)27)20-26(25)32-30(33-29)40-21-23-10-6-13-34(23)3/h2*4-11,24-25H,1,12-22H2,3H3;4-5,7-9,11,14,23-24H,1,6,10,12-13,15-21H2,3H3/t2*24?,25-;23-,24-/m100/s1. The third-order valence-corrected chi connectivity index (χ3v) is 25.3. The number of likely N-dealkylation sites (N-methyl/N-ethyl adjacent to an activating group) is 3. The predicted octanol–water partition coefficient (Wildman–Crippen LogP) is 8.94. The van der Waals surface area contributed by atoms with Crippen molar-refractivity contribution in [3.63, 3.8) is 0 Å². The zero-order chi connectivity index (χ0) is 85.7. The van der Waals surface area contributed by atoms with Crippen molar-refractivity contribution in [1.82, 2.24) is 63.7 Å². The van der Waals surface area contributed by atoms with E-state index in [2.05, 4.69) is 225 Å². The second kappa shape index (κ2) is 39.3. The molecular weight excluding hydrogens is 1570 g/mol. The van der Waals surface area contributed by atoms with Gasteiger partial charge in [0.1, 0.15) is 73.4 Å². The van der Waals surface area contributed by atoms with Gasteiger partial charge < -0.3 is 101 Å². The number of pyridine rings is 1. The first-order valence-electron chi connectivity index (χ1n) is 43.3. The van der Waals surface area contributed by atoms with Gasteiger partial charge in [0, 0.05) is 161 Å². The van der Waals surface area contributed by atoms with Crippen molar-refractivity contribution in [1.29, 1.82) is 0 Å². The summed E-state index contributed by atoms with van der Waals surface area (Å²) in [5, 5.41) is 4.86. The van der Waals surface area contributed by atoms with Crippen LogP contribution in [-0.4, -0.2) is 303 Å². The average Bonchev–Trinajstić information content (AvgIpc) is 0.982. The third-order valence-electron chi connectivity index (χ3n) is 25.3. The number of benzene rings is 4. The molecule has 644 valence electrons. The maximum absolute atomic E-state index is 12.5. The molecule has 3 amide bonds. The van der Waals surface area contributed by atoms with Gasteiger partial charge in [-0.05, 0) is 125 Å². The molecule has 0 spiro atoms. The molecule has 5 aromatic heterocycles. The van der Waals surface area contributed by atoms with Gasteiger partial charge in [-0.15, -0.1) is 0 Å². The van der Waals surface area contributed by atoms with Gasteiger partial charge in [0.15, 0.2) is 0 Å². The van der Waals surface area contributed by atoms with E-state index >= 15 is 0 Å². The lowest BCUT2D eigenvalue weighted by Crippen LogP contribution is -2.56. The maximum Gasteiger partial charge on any atom is 0.318 e. The van der Waals surface area contributed by atoms with E-state index < -0.39 is 0 Å². The Bertz CT molecular complexity index is 5280. The Morgan fingerprint density at radius 2 is 0.839 bits per heavy atom. The Morgan fingerprint density at radius 1 is 0.435 bits per heavy atom. The van der Waals surface area contributed by atoms with Crippen LogP contribution in [0.25, 0.3) is 41.6 Å². The number of anilines is 6. The summed E-state index contributed by atoms with van der Waals surface area (Å²) < 4.78 is 32.7. The molecule has 30 heteroatoms. The molecule has 0 N–H and O–H groups in total. The Hall–Kier alpha value is -12.5. The molecule has 2 unspecified atom stereocenters. The Labute approximate surface area is 725 Å². The number of carbonyl (C=O) groups is 3. The highest BCUT2D eigenvalue weighted by Crippen LogP contribution is 2.39. The number of nitrogens with zero attached hydrogens (tertiary/aromatic N) is 22. The Balaban J connectivity index is 0.000000138. The van der Waals surface area contributed by atoms with Crippen molar-refractivity contribution >= 4 is 79.4 Å². The molecule has 18 rings (SSSR count). The quantitative estimate of drug-likeness (QED) is 0.0482. The van der Waals surface area contributed by atoms with Gasteiger partial charge in [0.25, 0.3) is 0 Å². The Morgan fingerprint density at radius 3 is 1.26 bits per heavy atom. The van der Waals surface area contributed by atoms with Crippen LogP contribution in [0.3, 0.4) is 0 Å². The molecule has 4 aromatic carbocycles. The maximum atomic E-state index is 12.5. The smallest absolute Gasteiger partial charge is 0.318 e. The minimum atomic E-state index is -0.237. The van der Waals surface area contributed by atoms with Crippen LogP contribution in [0.1, 0.15) is 46.6 Å². The number of carbonyl (C=O) groups excluding carboxylic acids is 3. The zero-order valence-corrected chi connectivity index (χ0v) is 71.3. The van der Waals surface area contributed by atoms with E-state index in [0.717, 1.165) is 141 Å². The first-order chi connectivity index (χ1) is 60.6. The van der Waals surface area contributed by atoms with Crippen LogP contribution in [0.5, 0.6) is 18.0 Å². The monoisotopic (exact) mass is 1670 g/mol. The van der Waals surface area contributed by atoms with Crippen molar-refractivity contribution < 1.29 is 38.1 Å². The summed E-state index contributed by atoms with van der Waals surface area (Å²) in [5.74, 6) is 3.29. The van der Waals surface area contributed by atoms with Crippen LogP contribution < -0.4 is 43.6 Å². The number of piperazine rings is 3. The average molecular weight is 1680 g/mol. The molecule has 9 aromatic rings. The van der Waals surface area contributed by atoms with Gasteiger partial charge in [0.2, 0.25) is 37.4 Å². The molecule has 0 bridgehead atoms. The second-order valence-electron chi connectivity index (χ2n) is 33.2. The summed E-state index contributed by atoms with van der Waals surface area (Å²) in [6, 6.07) is 41.1. The Kier molecular flexibility index (Phi) is 27.0. The van der Waals surface area contributed by atoms with E-state index in [1.807, 2.05) is 0 Å². The SMILES string of the molecule is [C-]#[N+]CC1CN(c2nc(OC[C@@H]3CN(C)CCO3)nc3c2CCN(c2cccc4ccccc24)C3)CCN1C(=O)C=C.[C-]#[N+]CC1CN(c2nc(OC[C@H]3CN(C)CCO3)nc3c2CCN(c2cccc4ccccc24)C3)CCN1C(=O)C=C.[C-]#[N+]C[C@H]1CN(c2nc(OC[C@@H]3CCCN3C)nc3c2CCN(c2cccc4cccn24)C3)CCN1C(=O)C=C. The largest absolute Gasteiger partial charge is 0.462 e. The molecule has 6 saturated heterocycles. The summed E-state index contributed by atoms with van der Waals surface area (Å²) in [5.41, 5.74) is 9.75. The minimum absolute atomic E-state index is 0.0458. The van der Waals surface area contributed by atoms with Crippen molar-refractivity contribution in [2.75, 3.05) is 214 Å². The van der Waals surface area contributed by atoms with Gasteiger partial charge in [-0.1, -0.05) is 98.6 Å². The van der Waals surface area contributed by atoms with Crippen molar-refractivity contribution in [3.8, 4) is 18.0 Å². The van der Waals surface area contributed by atoms with Crippen LogP contribution in [0.15, 0.2) is 159 Å². The van der Waals surface area contributed by atoms with Gasteiger partial charge in [0.05, 0.1) is 49.9 Å². The summed E-state index contributed by atoms with van der Waals surface area (Å²) in [6.07, 6.45) is 10.7. The first-order valence-corrected chi connectivity index (χ1v) is 43.3. The number of ether oxygens (including phenoxy) is 5. The molecule has 9 aliphatic heterocycles. The number of amides is 3. The van der Waals surface area contributed by atoms with Gasteiger partial charge in [-0.2, -0.15) is 29.9 Å². The van der Waals surface area contributed by atoms with Gasteiger partial charge in [-0.3, -0.25) is 14.4 Å². The van der Waals surface area contributed by atoms with Crippen LogP contribution in [0, 0.1) is 19.7 Å². The number of morpholine rings is 2. The lowest BCUT2D eigenvalue weighted by molar-refractivity contribution is -0.129. The molecule has 14 heterocycles. The molecule has 0 saturated carbocycles. The fourth-order valence-electron chi connectivity index (χ4n) is 18.8. The fraction of sp³-hybridized carbons (Fsp3) is 0.447. The number of likely N-dealkylation sites (tertiary alicyclic amines) is 1. The summed E-state index contributed by atoms with van der Waals surface area (Å²) in [4.78, 5) is 104. The molecular formula is C94H110N22O8. The second-order valence-corrected chi connectivity index (χ2v) is 33.2. The molecule has 124 heavy (non-hydrogen) atoms. The van der Waals surface area contributed by atoms with E-state index in [9.17, 15) is 14.4 Å². The molecule has 0 aliphatic carbocycles. The van der Waals surface area contributed by atoms with E-state index in [1.54, 1.807) is 14.7 Å². The summed E-state index contributed by atoms with van der Waals surface area (Å²) in [6.45, 7) is 50.7. The zero-order valence-electron chi connectivity index (χ0n) is 71.3. The van der Waals surface area contributed by atoms with Gasteiger partial charge in [-0.25, -0.2) is 19.7 Å². The number of rotatable bonds is 21. The van der Waals surface area contributed by atoms with Crippen LogP contribution in [-0.2, 0) is 62.8 Å². The molecule has 30 nitrogen and oxygen atoms in total. The van der Waals surface area contributed by atoms with Crippen molar-refractivity contribution in [3.05, 3.63) is 227 Å². The number of hydrogen-bond acceptors (Lipinski definition) is 23. The van der Waals surface area contributed by atoms with E-state index in [1.165, 1.54) is 57.6 Å². The van der Waals surface area contributed by atoms with E-state index in [-0.39, 0.29) is 67.7 Å². The highest BCUT2D eigenvalue weighted by Gasteiger charge is 2.40. The molecule has 6 atom stereocenters. The fourth-order valence-corrected chi connectivity index (χ4v) is 18.8. The highest BCUT2D eigenvalue weighted by atomic mass is 16.5. The van der Waals surface area contributed by atoms with E-state index in [0.29, 0.717) is 136 Å². The molecule has 0 radical (unpaired) electrons. The predicted molar refractivity (Wildman–Crippen MR) is 480 cm³/mol. The molecule has 9 aliphatic rings.